The lowest BCUT2D eigenvalue weighted by Crippen LogP contribution is -2.08. The third-order valence-corrected chi connectivity index (χ3v) is 1.80. The van der Waals surface area contributed by atoms with Crippen LogP contribution in [0.25, 0.3) is 0 Å². The van der Waals surface area contributed by atoms with Gasteiger partial charge in [-0.1, -0.05) is 0 Å². The van der Waals surface area contributed by atoms with Crippen LogP contribution < -0.4 is 0 Å². The predicted octanol–water partition coefficient (Wildman–Crippen LogP) is 0.548. The Morgan fingerprint density at radius 1 is 1.75 bits per heavy atom. The van der Waals surface area contributed by atoms with Crippen molar-refractivity contribution in [3.8, 4) is 0 Å². The second-order valence-electron chi connectivity index (χ2n) is 2.70. The molecular weight excluding hydrogens is 158 g/mol. The molecule has 0 fully saturated rings. The number of aromatic nitrogens is 2. The molecule has 0 amide bonds. The van der Waals surface area contributed by atoms with E-state index in [2.05, 4.69) is 5.10 Å². The SMILES string of the molecule is Cc1cnn(C)c1CC[N+](=O)[O-]. The summed E-state index contributed by atoms with van der Waals surface area (Å²) in [5.74, 6) is 0. The average Bonchev–Trinajstić information content (AvgIpc) is 2.28. The van der Waals surface area contributed by atoms with Crippen molar-refractivity contribution >= 4 is 0 Å². The van der Waals surface area contributed by atoms with Crippen LogP contribution in [0.2, 0.25) is 0 Å². The summed E-state index contributed by atoms with van der Waals surface area (Å²) < 4.78 is 1.68. The highest BCUT2D eigenvalue weighted by atomic mass is 16.6. The standard InChI is InChI=1S/C7H11N3O2/c1-6-5-8-9(2)7(6)3-4-10(11)12/h5H,3-4H2,1-2H3. The summed E-state index contributed by atoms with van der Waals surface area (Å²) in [6, 6.07) is 0. The van der Waals surface area contributed by atoms with E-state index in [4.69, 9.17) is 0 Å². The molecule has 0 bridgehead atoms. The minimum Gasteiger partial charge on any atom is -0.272 e. The minimum absolute atomic E-state index is 0.0274. The molecule has 66 valence electrons. The van der Waals surface area contributed by atoms with Crippen LogP contribution in [0, 0.1) is 17.0 Å². The summed E-state index contributed by atoms with van der Waals surface area (Å²) in [6.45, 7) is 1.88. The van der Waals surface area contributed by atoms with E-state index >= 15 is 0 Å². The van der Waals surface area contributed by atoms with Crippen molar-refractivity contribution in [2.24, 2.45) is 7.05 Å². The number of nitrogens with zero attached hydrogens (tertiary/aromatic N) is 3. The van der Waals surface area contributed by atoms with E-state index in [-0.39, 0.29) is 11.5 Å². The van der Waals surface area contributed by atoms with Gasteiger partial charge >= 0.3 is 0 Å². The molecule has 0 spiro atoms. The largest absolute Gasteiger partial charge is 0.272 e. The first kappa shape index (κ1) is 8.70. The Morgan fingerprint density at radius 3 is 2.83 bits per heavy atom. The molecule has 0 aliphatic rings. The first-order chi connectivity index (χ1) is 5.61. The molecule has 0 saturated heterocycles. The first-order valence-electron chi connectivity index (χ1n) is 3.70. The third-order valence-electron chi connectivity index (χ3n) is 1.80. The molecule has 1 aromatic heterocycles. The van der Waals surface area contributed by atoms with Crippen LogP contribution >= 0.6 is 0 Å². The van der Waals surface area contributed by atoms with Crippen molar-refractivity contribution in [1.82, 2.24) is 9.78 Å². The molecule has 0 radical (unpaired) electrons. The van der Waals surface area contributed by atoms with Crippen LogP contribution in [0.15, 0.2) is 6.20 Å². The molecule has 0 saturated carbocycles. The fraction of sp³-hybridized carbons (Fsp3) is 0.571. The molecule has 0 aliphatic carbocycles. The Morgan fingerprint density at radius 2 is 2.42 bits per heavy atom. The summed E-state index contributed by atoms with van der Waals surface area (Å²) in [4.78, 5) is 9.78. The van der Waals surface area contributed by atoms with Gasteiger partial charge in [0.15, 0.2) is 0 Å². The van der Waals surface area contributed by atoms with Gasteiger partial charge in [-0.05, 0) is 12.5 Å². The van der Waals surface area contributed by atoms with Crippen LogP contribution in [0.3, 0.4) is 0 Å². The van der Waals surface area contributed by atoms with E-state index in [1.54, 1.807) is 17.9 Å². The zero-order valence-electron chi connectivity index (χ0n) is 7.15. The van der Waals surface area contributed by atoms with Gasteiger partial charge in [-0.3, -0.25) is 14.8 Å². The van der Waals surface area contributed by atoms with Gasteiger partial charge in [0.25, 0.3) is 0 Å². The van der Waals surface area contributed by atoms with E-state index in [9.17, 15) is 10.1 Å². The summed E-state index contributed by atoms with van der Waals surface area (Å²) in [5.41, 5.74) is 1.95. The molecule has 5 heteroatoms. The Hall–Kier alpha value is -1.39. The van der Waals surface area contributed by atoms with E-state index in [0.29, 0.717) is 6.42 Å². The maximum atomic E-state index is 10.1. The predicted molar refractivity (Wildman–Crippen MR) is 43.5 cm³/mol. The lowest BCUT2D eigenvalue weighted by Gasteiger charge is -1.98. The van der Waals surface area contributed by atoms with Crippen molar-refractivity contribution < 1.29 is 4.92 Å². The number of aryl methyl sites for hydroxylation is 2. The molecule has 5 nitrogen and oxygen atoms in total. The molecule has 0 aliphatic heterocycles. The molecule has 1 heterocycles. The molecule has 0 N–H and O–H groups in total. The van der Waals surface area contributed by atoms with Crippen LogP contribution in [0.1, 0.15) is 11.3 Å². The normalized spacial score (nSPS) is 10.2. The zero-order valence-corrected chi connectivity index (χ0v) is 7.15. The minimum atomic E-state index is -0.313. The first-order valence-corrected chi connectivity index (χ1v) is 3.70. The Labute approximate surface area is 70.2 Å². The number of hydrogen-bond acceptors (Lipinski definition) is 3. The highest BCUT2D eigenvalue weighted by Gasteiger charge is 2.07. The van der Waals surface area contributed by atoms with Gasteiger partial charge in [0.05, 0.1) is 12.6 Å². The topological polar surface area (TPSA) is 61.0 Å². The number of hydrogen-bond donors (Lipinski definition) is 0. The number of rotatable bonds is 3. The monoisotopic (exact) mass is 169 g/mol. The highest BCUT2D eigenvalue weighted by Crippen LogP contribution is 2.05. The highest BCUT2D eigenvalue weighted by molar-refractivity contribution is 5.15. The van der Waals surface area contributed by atoms with Gasteiger partial charge in [0.2, 0.25) is 6.54 Å². The lowest BCUT2D eigenvalue weighted by molar-refractivity contribution is -0.479. The Balaban J connectivity index is 2.68. The maximum Gasteiger partial charge on any atom is 0.209 e. The Bertz CT molecular complexity index is 273. The molecule has 1 aromatic rings. The van der Waals surface area contributed by atoms with Gasteiger partial charge in [0.1, 0.15) is 0 Å². The van der Waals surface area contributed by atoms with Crippen LogP contribution in [0.5, 0.6) is 0 Å². The third kappa shape index (κ3) is 1.81. The van der Waals surface area contributed by atoms with Crippen molar-refractivity contribution in [2.75, 3.05) is 6.54 Å². The number of nitro groups is 1. The molecule has 0 atom stereocenters. The van der Waals surface area contributed by atoms with Crippen LogP contribution in [0.4, 0.5) is 0 Å². The van der Waals surface area contributed by atoms with Crippen molar-refractivity contribution in [2.45, 2.75) is 13.3 Å². The van der Waals surface area contributed by atoms with Gasteiger partial charge in [-0.2, -0.15) is 5.10 Å². The van der Waals surface area contributed by atoms with Gasteiger partial charge in [-0.15, -0.1) is 0 Å². The molecule has 0 aromatic carbocycles. The van der Waals surface area contributed by atoms with E-state index < -0.39 is 0 Å². The van der Waals surface area contributed by atoms with Crippen molar-refractivity contribution in [3.63, 3.8) is 0 Å². The van der Waals surface area contributed by atoms with E-state index in [0.717, 1.165) is 11.3 Å². The molecule has 0 unspecified atom stereocenters. The van der Waals surface area contributed by atoms with Crippen molar-refractivity contribution in [3.05, 3.63) is 27.6 Å². The quantitative estimate of drug-likeness (QED) is 0.490. The summed E-state index contributed by atoms with van der Waals surface area (Å²) in [5, 5.41) is 14.1. The molecule has 1 rings (SSSR count). The summed E-state index contributed by atoms with van der Waals surface area (Å²) in [7, 11) is 1.79. The molecule has 12 heavy (non-hydrogen) atoms. The molecular formula is C7H11N3O2. The smallest absolute Gasteiger partial charge is 0.209 e. The Kier molecular flexibility index (Phi) is 2.42. The fourth-order valence-corrected chi connectivity index (χ4v) is 1.13. The second-order valence-corrected chi connectivity index (χ2v) is 2.70. The van der Waals surface area contributed by atoms with Gasteiger partial charge in [0, 0.05) is 17.7 Å². The average molecular weight is 169 g/mol. The van der Waals surface area contributed by atoms with E-state index in [1.807, 2.05) is 6.92 Å². The van der Waals surface area contributed by atoms with Crippen LogP contribution in [-0.2, 0) is 13.5 Å². The van der Waals surface area contributed by atoms with Crippen molar-refractivity contribution in [1.29, 1.82) is 0 Å². The zero-order chi connectivity index (χ0) is 9.14. The second kappa shape index (κ2) is 3.34. The summed E-state index contributed by atoms with van der Waals surface area (Å²) >= 11 is 0. The van der Waals surface area contributed by atoms with E-state index in [1.165, 1.54) is 0 Å². The fourth-order valence-electron chi connectivity index (χ4n) is 1.13. The maximum absolute atomic E-state index is 10.1. The summed E-state index contributed by atoms with van der Waals surface area (Å²) in [6.07, 6.45) is 2.17. The lowest BCUT2D eigenvalue weighted by atomic mass is 10.2. The van der Waals surface area contributed by atoms with Gasteiger partial charge < -0.3 is 0 Å². The van der Waals surface area contributed by atoms with Gasteiger partial charge in [-0.25, -0.2) is 0 Å². The van der Waals surface area contributed by atoms with Crippen LogP contribution in [-0.4, -0.2) is 21.2 Å².